The van der Waals surface area contributed by atoms with E-state index in [1.54, 1.807) is 6.07 Å². The Bertz CT molecular complexity index is 863. The lowest BCUT2D eigenvalue weighted by Crippen LogP contribution is -2.36. The van der Waals surface area contributed by atoms with Gasteiger partial charge in [0, 0.05) is 25.1 Å². The summed E-state index contributed by atoms with van der Waals surface area (Å²) < 4.78 is 11.9. The van der Waals surface area contributed by atoms with E-state index < -0.39 is 0 Å². The molecule has 0 spiro atoms. The Hall–Kier alpha value is -1.85. The van der Waals surface area contributed by atoms with Gasteiger partial charge in [-0.3, -0.25) is 4.79 Å². The summed E-state index contributed by atoms with van der Waals surface area (Å²) in [5.74, 6) is 1.99. The molecule has 30 heavy (non-hydrogen) atoms. The first-order chi connectivity index (χ1) is 14.7. The van der Waals surface area contributed by atoms with E-state index in [0.717, 1.165) is 69.7 Å². The lowest BCUT2D eigenvalue weighted by Gasteiger charge is -2.29. The molecule has 0 unspecified atom stereocenters. The van der Waals surface area contributed by atoms with E-state index in [4.69, 9.17) is 9.15 Å². The minimum atomic E-state index is -0.0887. The molecule has 0 radical (unpaired) electrons. The first-order valence-corrected chi connectivity index (χ1v) is 11.8. The molecular weight excluding hydrogens is 378 g/mol. The van der Waals surface area contributed by atoms with Gasteiger partial charge in [-0.2, -0.15) is 0 Å². The van der Waals surface area contributed by atoms with Crippen LogP contribution in [0, 0.1) is 0 Å². The van der Waals surface area contributed by atoms with Crippen LogP contribution in [0.25, 0.3) is 11.0 Å². The summed E-state index contributed by atoms with van der Waals surface area (Å²) in [4.78, 5) is 15.0. The molecule has 0 amide bonds. The average Bonchev–Trinajstić information content (AvgIpc) is 3.29. The van der Waals surface area contributed by atoms with Gasteiger partial charge in [0.25, 0.3) is 0 Å². The smallest absolute Gasteiger partial charge is 0.193 e. The van der Waals surface area contributed by atoms with E-state index in [1.165, 1.54) is 25.7 Å². The van der Waals surface area contributed by atoms with E-state index in [9.17, 15) is 9.90 Å². The largest absolute Gasteiger partial charge is 0.494 e. The molecule has 1 N–H and O–H groups in total. The van der Waals surface area contributed by atoms with Gasteiger partial charge in [-0.25, -0.2) is 0 Å². The first kappa shape index (κ1) is 21.4. The predicted molar refractivity (Wildman–Crippen MR) is 119 cm³/mol. The van der Waals surface area contributed by atoms with E-state index >= 15 is 0 Å². The van der Waals surface area contributed by atoms with Gasteiger partial charge >= 0.3 is 0 Å². The lowest BCUT2D eigenvalue weighted by molar-refractivity contribution is 0.0817. The molecule has 4 rings (SSSR count). The maximum absolute atomic E-state index is 12.6. The number of rotatable bonds is 9. The number of likely N-dealkylation sites (tertiary alicyclic amines) is 1. The second-order valence-corrected chi connectivity index (χ2v) is 8.99. The summed E-state index contributed by atoms with van der Waals surface area (Å²) >= 11 is 0. The average molecular weight is 414 g/mol. The zero-order chi connectivity index (χ0) is 20.8. The Kier molecular flexibility index (Phi) is 7.45. The standard InChI is InChI=1S/C25H35NO4/c27-20-11-14-26(15-12-20)13-5-1-2-6-16-29-21-9-10-24-22(17-21)23(28)18-25(30-24)19-7-3-4-8-19/h9-10,17-20,27H,1-8,11-16H2. The van der Waals surface area contributed by atoms with Crippen molar-refractivity contribution in [3.8, 4) is 5.75 Å². The number of aliphatic hydroxyl groups is 1. The maximum Gasteiger partial charge on any atom is 0.193 e. The molecule has 0 atom stereocenters. The Balaban J connectivity index is 1.19. The summed E-state index contributed by atoms with van der Waals surface area (Å²) in [6.45, 7) is 3.87. The van der Waals surface area contributed by atoms with Gasteiger partial charge in [-0.1, -0.05) is 25.7 Å². The molecule has 5 heteroatoms. The second-order valence-electron chi connectivity index (χ2n) is 8.99. The molecule has 1 saturated carbocycles. The molecule has 2 aromatic rings. The van der Waals surface area contributed by atoms with E-state index in [-0.39, 0.29) is 11.5 Å². The summed E-state index contributed by atoms with van der Waals surface area (Å²) in [5.41, 5.74) is 0.704. The number of hydrogen-bond acceptors (Lipinski definition) is 5. The molecule has 1 aromatic heterocycles. The van der Waals surface area contributed by atoms with E-state index in [1.807, 2.05) is 18.2 Å². The van der Waals surface area contributed by atoms with Gasteiger partial charge < -0.3 is 19.2 Å². The summed E-state index contributed by atoms with van der Waals surface area (Å²) in [6.07, 6.45) is 11.0. The molecule has 2 fully saturated rings. The number of fused-ring (bicyclic) bond motifs is 1. The van der Waals surface area contributed by atoms with Crippen molar-refractivity contribution in [3.63, 3.8) is 0 Å². The predicted octanol–water partition coefficient (Wildman–Crippen LogP) is 4.85. The molecule has 1 aliphatic heterocycles. The van der Waals surface area contributed by atoms with Crippen molar-refractivity contribution in [2.24, 2.45) is 0 Å². The Morgan fingerprint density at radius 1 is 1.00 bits per heavy atom. The maximum atomic E-state index is 12.6. The van der Waals surface area contributed by atoms with Gasteiger partial charge in [0.2, 0.25) is 0 Å². The number of benzene rings is 1. The molecule has 2 heterocycles. The van der Waals surface area contributed by atoms with Crippen LogP contribution in [-0.2, 0) is 0 Å². The summed E-state index contributed by atoms with van der Waals surface area (Å²) in [6, 6.07) is 7.30. The molecule has 0 bridgehead atoms. The molecule has 2 aliphatic rings. The third kappa shape index (κ3) is 5.64. The summed E-state index contributed by atoms with van der Waals surface area (Å²) in [7, 11) is 0. The minimum Gasteiger partial charge on any atom is -0.494 e. The second kappa shape index (κ2) is 10.5. The van der Waals surface area contributed by atoms with Gasteiger partial charge in [0.1, 0.15) is 17.1 Å². The van der Waals surface area contributed by atoms with Gasteiger partial charge in [0.05, 0.1) is 18.1 Å². The highest BCUT2D eigenvalue weighted by Crippen LogP contribution is 2.34. The highest BCUT2D eigenvalue weighted by molar-refractivity contribution is 5.78. The quantitative estimate of drug-likeness (QED) is 0.596. The third-order valence-electron chi connectivity index (χ3n) is 6.67. The molecule has 5 nitrogen and oxygen atoms in total. The Morgan fingerprint density at radius 3 is 2.57 bits per heavy atom. The number of nitrogens with zero attached hydrogens (tertiary/aromatic N) is 1. The zero-order valence-corrected chi connectivity index (χ0v) is 18.0. The monoisotopic (exact) mass is 413 g/mol. The van der Waals surface area contributed by atoms with E-state index in [2.05, 4.69) is 4.90 Å². The molecule has 1 aromatic carbocycles. The van der Waals surface area contributed by atoms with Crippen LogP contribution in [0.15, 0.2) is 33.5 Å². The SMILES string of the molecule is O=c1cc(C2CCCC2)oc2ccc(OCCCCCCN3CCC(O)CC3)cc12. The fourth-order valence-corrected chi connectivity index (χ4v) is 4.78. The van der Waals surface area contributed by atoms with Crippen molar-refractivity contribution in [2.75, 3.05) is 26.2 Å². The van der Waals surface area contributed by atoms with Crippen molar-refractivity contribution in [1.29, 1.82) is 0 Å². The highest BCUT2D eigenvalue weighted by Gasteiger charge is 2.20. The molecule has 1 saturated heterocycles. The third-order valence-corrected chi connectivity index (χ3v) is 6.67. The van der Waals surface area contributed by atoms with Crippen LogP contribution in [0.4, 0.5) is 0 Å². The van der Waals surface area contributed by atoms with Crippen molar-refractivity contribution in [3.05, 3.63) is 40.2 Å². The highest BCUT2D eigenvalue weighted by atomic mass is 16.5. The minimum absolute atomic E-state index is 0.0360. The first-order valence-electron chi connectivity index (χ1n) is 11.8. The number of aliphatic hydroxyl groups excluding tert-OH is 1. The lowest BCUT2D eigenvalue weighted by atomic mass is 10.0. The van der Waals surface area contributed by atoms with Crippen LogP contribution in [0.5, 0.6) is 5.75 Å². The van der Waals surface area contributed by atoms with Crippen molar-refractivity contribution < 1.29 is 14.3 Å². The molecular formula is C25H35NO4. The van der Waals surface area contributed by atoms with Crippen LogP contribution < -0.4 is 10.2 Å². The van der Waals surface area contributed by atoms with E-state index in [0.29, 0.717) is 23.5 Å². The molecule has 164 valence electrons. The van der Waals surface area contributed by atoms with Crippen LogP contribution in [0.2, 0.25) is 0 Å². The summed E-state index contributed by atoms with van der Waals surface area (Å²) in [5, 5.41) is 10.2. The number of unbranched alkanes of at least 4 members (excludes halogenated alkanes) is 3. The van der Waals surface area contributed by atoms with Gasteiger partial charge in [-0.15, -0.1) is 0 Å². The zero-order valence-electron chi connectivity index (χ0n) is 18.0. The fourth-order valence-electron chi connectivity index (χ4n) is 4.78. The van der Waals surface area contributed by atoms with Crippen molar-refractivity contribution in [1.82, 2.24) is 4.90 Å². The van der Waals surface area contributed by atoms with Crippen LogP contribution in [-0.4, -0.2) is 42.4 Å². The van der Waals surface area contributed by atoms with Crippen LogP contribution >= 0.6 is 0 Å². The Labute approximate surface area is 179 Å². The van der Waals surface area contributed by atoms with Gasteiger partial charge in [0.15, 0.2) is 5.43 Å². The normalized spacial score (nSPS) is 19.0. The number of hydrogen-bond donors (Lipinski definition) is 1. The molecule has 1 aliphatic carbocycles. The van der Waals surface area contributed by atoms with Crippen molar-refractivity contribution in [2.45, 2.75) is 76.2 Å². The number of piperidine rings is 1. The van der Waals surface area contributed by atoms with Gasteiger partial charge in [-0.05, 0) is 63.3 Å². The van der Waals surface area contributed by atoms with Crippen LogP contribution in [0.1, 0.15) is 75.9 Å². The van der Waals surface area contributed by atoms with Crippen LogP contribution in [0.3, 0.4) is 0 Å². The number of ether oxygens (including phenoxy) is 1. The topological polar surface area (TPSA) is 62.9 Å². The fraction of sp³-hybridized carbons (Fsp3) is 0.640. The Morgan fingerprint density at radius 2 is 1.77 bits per heavy atom. The van der Waals surface area contributed by atoms with Crippen molar-refractivity contribution >= 4 is 11.0 Å².